The Bertz CT molecular complexity index is 908. The normalized spacial score (nSPS) is 36.2. The third kappa shape index (κ3) is 6.54. The van der Waals surface area contributed by atoms with E-state index in [1.807, 2.05) is 0 Å². The van der Waals surface area contributed by atoms with E-state index in [4.69, 9.17) is 0 Å². The van der Waals surface area contributed by atoms with Crippen LogP contribution in [-0.4, -0.2) is 8.07 Å². The minimum atomic E-state index is -1.44. The second-order valence-electron chi connectivity index (χ2n) is 13.9. The van der Waals surface area contributed by atoms with Gasteiger partial charge in [0, 0.05) is 0 Å². The molecule has 40 heavy (non-hydrogen) atoms. The van der Waals surface area contributed by atoms with Crippen LogP contribution in [0.15, 0.2) is 60.7 Å². The van der Waals surface area contributed by atoms with Crippen LogP contribution in [0.5, 0.6) is 0 Å². The van der Waals surface area contributed by atoms with Crippen molar-refractivity contribution in [3.63, 3.8) is 0 Å². The molecular weight excluding hydrogens is 576 g/mol. The molecule has 4 fully saturated rings. The fraction of sp³-hybridized carbons (Fsp3) is 0.579. The molecule has 0 N–H and O–H groups in total. The summed E-state index contributed by atoms with van der Waals surface area (Å²) >= 11 is 0. The van der Waals surface area contributed by atoms with Crippen LogP contribution in [0.25, 0.3) is 0 Å². The molecule has 220 valence electrons. The maximum Gasteiger partial charge on any atom is 4.00 e. The summed E-state index contributed by atoms with van der Waals surface area (Å²) in [6, 6.07) is 23.2. The Labute approximate surface area is 271 Å². The first-order valence-corrected chi connectivity index (χ1v) is 18.2. The summed E-state index contributed by atoms with van der Waals surface area (Å²) in [5.41, 5.74) is 5.34. The van der Waals surface area contributed by atoms with Crippen molar-refractivity contribution in [3.8, 4) is 0 Å². The van der Waals surface area contributed by atoms with Crippen molar-refractivity contribution in [2.45, 2.75) is 101 Å². The zero-order chi connectivity index (χ0) is 24.2. The van der Waals surface area contributed by atoms with E-state index in [0.29, 0.717) is 0 Å². The van der Waals surface area contributed by atoms with E-state index < -0.39 is 8.07 Å². The zero-order valence-electron chi connectivity index (χ0n) is 27.2. The van der Waals surface area contributed by atoms with E-state index >= 15 is 0 Å². The summed E-state index contributed by atoms with van der Waals surface area (Å²) in [5.74, 6) is 7.35. The molecule has 0 radical (unpaired) electrons. The van der Waals surface area contributed by atoms with Gasteiger partial charge in [0.1, 0.15) is 0 Å². The molecular formula is C38H60SiZr. The largest absolute Gasteiger partial charge is 4.00 e. The third-order valence-corrected chi connectivity index (χ3v) is 17.3. The average Bonchev–Trinajstić information content (AvgIpc) is 3.41. The van der Waals surface area contributed by atoms with Gasteiger partial charge in [-0.1, -0.05) is 113 Å². The molecule has 2 heteroatoms. The molecule has 6 rings (SSSR count). The molecule has 0 aliphatic heterocycles. The SMILES string of the molecule is CC1CC2C(c3ccccc3)CCCC2C1[Si](C)(C)C1C(C)CC2C(c3ccccc3)CCCC21.[CH3-].[CH3-].[CH3-].[CH3-].[Zr+4]. The molecule has 10 unspecified atom stereocenters. The summed E-state index contributed by atoms with van der Waals surface area (Å²) < 4.78 is 0. The smallest absolute Gasteiger partial charge is 0.358 e. The Morgan fingerprint density at radius 1 is 0.525 bits per heavy atom. The molecule has 0 saturated heterocycles. The molecule has 0 amide bonds. The minimum Gasteiger partial charge on any atom is -0.358 e. The molecule has 2 aromatic carbocycles. The first kappa shape index (κ1) is 37.6. The van der Waals surface area contributed by atoms with Gasteiger partial charge < -0.3 is 29.7 Å². The van der Waals surface area contributed by atoms with Crippen molar-refractivity contribution in [2.24, 2.45) is 35.5 Å². The van der Waals surface area contributed by atoms with Gasteiger partial charge >= 0.3 is 26.2 Å². The van der Waals surface area contributed by atoms with E-state index in [2.05, 4.69) is 87.6 Å². The Morgan fingerprint density at radius 2 is 0.875 bits per heavy atom. The maximum atomic E-state index is 2.87. The Hall–Kier alpha value is -0.460. The van der Waals surface area contributed by atoms with Crippen molar-refractivity contribution in [2.75, 3.05) is 0 Å². The number of hydrogen-bond donors (Lipinski definition) is 0. The summed E-state index contributed by atoms with van der Waals surface area (Å²) in [7, 11) is -1.44. The van der Waals surface area contributed by atoms with Crippen LogP contribution in [0.2, 0.25) is 24.2 Å². The van der Waals surface area contributed by atoms with Crippen LogP contribution in [0.3, 0.4) is 0 Å². The molecule has 4 aliphatic rings. The maximum absolute atomic E-state index is 2.87. The molecule has 2 aromatic rings. The second kappa shape index (κ2) is 15.3. The van der Waals surface area contributed by atoms with Crippen molar-refractivity contribution < 1.29 is 26.2 Å². The van der Waals surface area contributed by atoms with Gasteiger partial charge in [0.25, 0.3) is 0 Å². The fourth-order valence-electron chi connectivity index (χ4n) is 11.2. The average molecular weight is 636 g/mol. The van der Waals surface area contributed by atoms with E-state index in [9.17, 15) is 0 Å². The van der Waals surface area contributed by atoms with Gasteiger partial charge in [-0.05, 0) is 95.2 Å². The predicted molar refractivity (Wildman–Crippen MR) is 178 cm³/mol. The van der Waals surface area contributed by atoms with E-state index in [1.54, 1.807) is 11.1 Å². The van der Waals surface area contributed by atoms with Gasteiger partial charge in [-0.2, -0.15) is 0 Å². The number of rotatable bonds is 4. The molecule has 10 atom stereocenters. The standard InChI is InChI=1S/C34H48Si.4CH3.Zr/c1-23-21-31-27(25-13-7-5-8-14-25)17-11-19-29(31)33(23)35(3,4)34-24(2)22-32-28(18-12-20-30(32)34)26-15-9-6-10-16-26;;;;;/h5-10,13-16,23-24,27-34H,11-12,17-22H2,1-4H3;4*1H3;/q;4*-1;+4. The molecule has 0 heterocycles. The molecule has 0 spiro atoms. The molecule has 4 saturated carbocycles. The topological polar surface area (TPSA) is 0 Å². The van der Waals surface area contributed by atoms with Crippen molar-refractivity contribution >= 4 is 8.07 Å². The van der Waals surface area contributed by atoms with Crippen LogP contribution in [0.4, 0.5) is 0 Å². The van der Waals surface area contributed by atoms with Crippen LogP contribution in [0, 0.1) is 65.2 Å². The molecule has 4 aliphatic carbocycles. The van der Waals surface area contributed by atoms with E-state index in [0.717, 1.165) is 58.4 Å². The monoisotopic (exact) mass is 634 g/mol. The predicted octanol–water partition coefficient (Wildman–Crippen LogP) is 11.7. The first-order valence-electron chi connectivity index (χ1n) is 15.1. The quantitative estimate of drug-likeness (QED) is 0.232. The fourth-order valence-corrected chi connectivity index (χ4v) is 17.9. The van der Waals surface area contributed by atoms with Gasteiger partial charge in [-0.3, -0.25) is 0 Å². The second-order valence-corrected chi connectivity index (χ2v) is 18.8. The van der Waals surface area contributed by atoms with Gasteiger partial charge in [0.2, 0.25) is 0 Å². The van der Waals surface area contributed by atoms with Gasteiger partial charge in [-0.15, -0.1) is 0 Å². The summed E-state index contributed by atoms with van der Waals surface area (Å²) in [6.45, 7) is 11.1. The number of benzene rings is 2. The number of hydrogen-bond acceptors (Lipinski definition) is 0. The zero-order valence-corrected chi connectivity index (χ0v) is 30.7. The van der Waals surface area contributed by atoms with Crippen molar-refractivity contribution in [1.29, 1.82) is 0 Å². The third-order valence-electron chi connectivity index (χ3n) is 11.8. The van der Waals surface area contributed by atoms with Crippen LogP contribution >= 0.6 is 0 Å². The van der Waals surface area contributed by atoms with E-state index in [-0.39, 0.29) is 55.9 Å². The summed E-state index contributed by atoms with van der Waals surface area (Å²) in [6.07, 6.45) is 11.8. The first-order chi connectivity index (χ1) is 17.0. The Kier molecular flexibility index (Phi) is 14.4. The summed E-state index contributed by atoms with van der Waals surface area (Å²) in [4.78, 5) is 0. The van der Waals surface area contributed by atoms with Crippen LogP contribution in [-0.2, 0) is 26.2 Å². The van der Waals surface area contributed by atoms with Gasteiger partial charge in [0.15, 0.2) is 0 Å². The van der Waals surface area contributed by atoms with E-state index in [1.165, 1.54) is 51.4 Å². The Morgan fingerprint density at radius 3 is 1.23 bits per heavy atom. The van der Waals surface area contributed by atoms with Crippen LogP contribution in [0.1, 0.15) is 88.2 Å². The Balaban J connectivity index is 0.00000160. The number of fused-ring (bicyclic) bond motifs is 2. The van der Waals surface area contributed by atoms with Crippen LogP contribution < -0.4 is 0 Å². The van der Waals surface area contributed by atoms with Crippen molar-refractivity contribution in [3.05, 3.63) is 101 Å². The minimum absolute atomic E-state index is 0. The molecule has 0 aromatic heterocycles. The molecule has 0 nitrogen and oxygen atoms in total. The van der Waals surface area contributed by atoms with Gasteiger partial charge in [-0.25, -0.2) is 0 Å². The van der Waals surface area contributed by atoms with Crippen molar-refractivity contribution in [1.82, 2.24) is 0 Å². The van der Waals surface area contributed by atoms with Gasteiger partial charge in [0.05, 0.1) is 8.07 Å². The summed E-state index contributed by atoms with van der Waals surface area (Å²) in [5, 5.41) is 0. The molecule has 0 bridgehead atoms.